The van der Waals surface area contributed by atoms with E-state index < -0.39 is 5.82 Å². The van der Waals surface area contributed by atoms with Crippen molar-refractivity contribution in [2.24, 2.45) is 0 Å². The van der Waals surface area contributed by atoms with Crippen molar-refractivity contribution < 1.29 is 18.7 Å². The zero-order valence-corrected chi connectivity index (χ0v) is 15.5. The number of ether oxygens (including phenoxy) is 2. The molecule has 2 fully saturated rings. The number of aromatic nitrogens is 1. The Balaban J connectivity index is 1.73. The van der Waals surface area contributed by atoms with Crippen LogP contribution in [0.25, 0.3) is 0 Å². The highest BCUT2D eigenvalue weighted by Gasteiger charge is 2.27. The molecule has 1 aromatic rings. The first-order valence-corrected chi connectivity index (χ1v) is 9.12. The minimum absolute atomic E-state index is 0.00354. The number of anilines is 1. The fraction of sp³-hybridized carbons (Fsp3) is 0.667. The fourth-order valence-electron chi connectivity index (χ4n) is 3.59. The maximum atomic E-state index is 14.7. The summed E-state index contributed by atoms with van der Waals surface area (Å²) in [4.78, 5) is 18.4. The lowest BCUT2D eigenvalue weighted by atomic mass is 10.2. The molecule has 7 nitrogen and oxygen atoms in total. The zero-order chi connectivity index (χ0) is 18.7. The number of methoxy groups -OCH3 is 1. The molecule has 3 rings (SSSR count). The van der Waals surface area contributed by atoms with E-state index in [9.17, 15) is 9.18 Å². The summed E-state index contributed by atoms with van der Waals surface area (Å²) < 4.78 is 25.7. The monoisotopic (exact) mass is 366 g/mol. The molecule has 0 saturated carbocycles. The van der Waals surface area contributed by atoms with Gasteiger partial charge in [0.1, 0.15) is 0 Å². The maximum absolute atomic E-state index is 14.7. The fourth-order valence-corrected chi connectivity index (χ4v) is 3.59. The summed E-state index contributed by atoms with van der Waals surface area (Å²) >= 11 is 0. The molecule has 2 aliphatic heterocycles. The quantitative estimate of drug-likeness (QED) is 0.816. The Labute approximate surface area is 153 Å². The van der Waals surface area contributed by atoms with Crippen molar-refractivity contribution in [3.05, 3.63) is 17.4 Å². The molecule has 1 aromatic heterocycles. The van der Waals surface area contributed by atoms with Gasteiger partial charge >= 0.3 is 0 Å². The van der Waals surface area contributed by atoms with Gasteiger partial charge in [-0.2, -0.15) is 4.98 Å². The number of nitrogens with one attached hydrogen (secondary N) is 2. The standard InChI is InChI=1S/C18H27FN4O3/c1-11-9-23(10-12(2)26-11)16-14(19)7-13(18(22-16)25-3)8-21-17(24)15-5-4-6-20-15/h7,11-12,15,20H,4-6,8-10H2,1-3H3,(H,21,24)/t11?,12?,15-/m0/s1. The highest BCUT2D eigenvalue weighted by Crippen LogP contribution is 2.27. The van der Waals surface area contributed by atoms with E-state index in [4.69, 9.17) is 9.47 Å². The molecule has 3 atom stereocenters. The normalized spacial score (nSPS) is 26.0. The zero-order valence-electron chi connectivity index (χ0n) is 15.5. The number of carbonyl (C=O) groups excluding carboxylic acids is 1. The third kappa shape index (κ3) is 4.24. The van der Waals surface area contributed by atoms with Crippen LogP contribution in [0.1, 0.15) is 32.3 Å². The van der Waals surface area contributed by atoms with Gasteiger partial charge in [0.2, 0.25) is 11.8 Å². The third-order valence-electron chi connectivity index (χ3n) is 4.74. The smallest absolute Gasteiger partial charge is 0.237 e. The van der Waals surface area contributed by atoms with E-state index >= 15 is 0 Å². The van der Waals surface area contributed by atoms with Gasteiger partial charge in [-0.15, -0.1) is 0 Å². The van der Waals surface area contributed by atoms with Crippen molar-refractivity contribution in [1.82, 2.24) is 15.6 Å². The number of rotatable bonds is 5. The first-order valence-electron chi connectivity index (χ1n) is 9.12. The van der Waals surface area contributed by atoms with Crippen LogP contribution < -0.4 is 20.3 Å². The summed E-state index contributed by atoms with van der Waals surface area (Å²) in [6.07, 6.45) is 1.82. The Morgan fingerprint density at radius 1 is 1.46 bits per heavy atom. The second-order valence-corrected chi connectivity index (χ2v) is 6.99. The summed E-state index contributed by atoms with van der Waals surface area (Å²) in [5.74, 6) is 0.0875. The van der Waals surface area contributed by atoms with Crippen LogP contribution >= 0.6 is 0 Å². The molecule has 0 aromatic carbocycles. The molecule has 26 heavy (non-hydrogen) atoms. The lowest BCUT2D eigenvalue weighted by molar-refractivity contribution is -0.122. The Kier molecular flexibility index (Phi) is 5.93. The summed E-state index contributed by atoms with van der Waals surface area (Å²) in [6.45, 7) is 6.09. The predicted molar refractivity (Wildman–Crippen MR) is 95.8 cm³/mol. The highest BCUT2D eigenvalue weighted by atomic mass is 19.1. The van der Waals surface area contributed by atoms with Crippen LogP contribution in [0, 0.1) is 5.82 Å². The lowest BCUT2D eigenvalue weighted by Gasteiger charge is -2.36. The van der Waals surface area contributed by atoms with Gasteiger partial charge < -0.3 is 25.0 Å². The van der Waals surface area contributed by atoms with Crippen molar-refractivity contribution in [3.8, 4) is 5.88 Å². The number of carbonyl (C=O) groups is 1. The Morgan fingerprint density at radius 2 is 2.19 bits per heavy atom. The van der Waals surface area contributed by atoms with Gasteiger partial charge in [0.05, 0.1) is 25.4 Å². The molecule has 144 valence electrons. The largest absolute Gasteiger partial charge is 0.481 e. The van der Waals surface area contributed by atoms with Crippen molar-refractivity contribution in [3.63, 3.8) is 0 Å². The predicted octanol–water partition coefficient (Wildman–Crippen LogP) is 1.21. The van der Waals surface area contributed by atoms with Gasteiger partial charge in [0.15, 0.2) is 11.6 Å². The second kappa shape index (κ2) is 8.18. The van der Waals surface area contributed by atoms with Crippen LogP contribution in [0.15, 0.2) is 6.07 Å². The molecular weight excluding hydrogens is 339 g/mol. The molecule has 0 aliphatic carbocycles. The highest BCUT2D eigenvalue weighted by molar-refractivity contribution is 5.82. The molecule has 2 unspecified atom stereocenters. The first-order chi connectivity index (χ1) is 12.5. The SMILES string of the molecule is COc1nc(N2CC(C)OC(C)C2)c(F)cc1CNC(=O)[C@@H]1CCCN1. The third-order valence-corrected chi connectivity index (χ3v) is 4.74. The van der Waals surface area contributed by atoms with E-state index in [1.165, 1.54) is 13.2 Å². The number of pyridine rings is 1. The van der Waals surface area contributed by atoms with Crippen molar-refractivity contribution in [2.45, 2.75) is 51.5 Å². The van der Waals surface area contributed by atoms with E-state index in [1.54, 1.807) is 0 Å². The average Bonchev–Trinajstić information content (AvgIpc) is 3.13. The van der Waals surface area contributed by atoms with Crippen LogP contribution in [-0.2, 0) is 16.1 Å². The molecule has 2 saturated heterocycles. The van der Waals surface area contributed by atoms with Crippen LogP contribution in [0.4, 0.5) is 10.2 Å². The summed E-state index contributed by atoms with van der Waals surface area (Å²) in [5.41, 5.74) is 0.523. The van der Waals surface area contributed by atoms with Gasteiger partial charge in [-0.25, -0.2) is 4.39 Å². The molecule has 0 spiro atoms. The van der Waals surface area contributed by atoms with E-state index in [2.05, 4.69) is 15.6 Å². The van der Waals surface area contributed by atoms with Gasteiger partial charge in [-0.1, -0.05) is 0 Å². The van der Waals surface area contributed by atoms with E-state index in [0.717, 1.165) is 19.4 Å². The molecule has 3 heterocycles. The molecule has 8 heteroatoms. The topological polar surface area (TPSA) is 75.7 Å². The van der Waals surface area contributed by atoms with Crippen molar-refractivity contribution >= 4 is 11.7 Å². The summed E-state index contributed by atoms with van der Waals surface area (Å²) in [5, 5.41) is 5.98. The molecule has 2 N–H and O–H groups in total. The molecule has 2 aliphatic rings. The number of hydrogen-bond acceptors (Lipinski definition) is 6. The number of halogens is 1. The maximum Gasteiger partial charge on any atom is 0.237 e. The van der Waals surface area contributed by atoms with Crippen molar-refractivity contribution in [1.29, 1.82) is 0 Å². The van der Waals surface area contributed by atoms with Gasteiger partial charge in [-0.05, 0) is 39.3 Å². The molecular formula is C18H27FN4O3. The van der Waals surface area contributed by atoms with E-state index in [1.807, 2.05) is 18.7 Å². The average molecular weight is 366 g/mol. The lowest BCUT2D eigenvalue weighted by Crippen LogP contribution is -2.46. The second-order valence-electron chi connectivity index (χ2n) is 6.99. The van der Waals surface area contributed by atoms with E-state index in [-0.39, 0.29) is 36.5 Å². The van der Waals surface area contributed by atoms with Crippen LogP contribution in [0.5, 0.6) is 5.88 Å². The summed E-state index contributed by atoms with van der Waals surface area (Å²) in [7, 11) is 1.50. The van der Waals surface area contributed by atoms with Crippen molar-refractivity contribution in [2.75, 3.05) is 31.6 Å². The number of morpholine rings is 1. The van der Waals surface area contributed by atoms with Crippen LogP contribution in [-0.4, -0.2) is 55.9 Å². The number of nitrogens with zero attached hydrogens (tertiary/aromatic N) is 2. The van der Waals surface area contributed by atoms with Gasteiger partial charge in [-0.3, -0.25) is 4.79 Å². The van der Waals surface area contributed by atoms with E-state index in [0.29, 0.717) is 24.5 Å². The summed E-state index contributed by atoms with van der Waals surface area (Å²) in [6, 6.07) is 1.23. The van der Waals surface area contributed by atoms with Gasteiger partial charge in [0, 0.05) is 25.2 Å². The Hall–Kier alpha value is -1.93. The van der Waals surface area contributed by atoms with Crippen LogP contribution in [0.2, 0.25) is 0 Å². The number of hydrogen-bond donors (Lipinski definition) is 2. The number of amides is 1. The van der Waals surface area contributed by atoms with Gasteiger partial charge in [0.25, 0.3) is 0 Å². The first kappa shape index (κ1) is 18.8. The minimum atomic E-state index is -0.421. The Bertz CT molecular complexity index is 642. The molecule has 0 bridgehead atoms. The Morgan fingerprint density at radius 3 is 2.81 bits per heavy atom. The van der Waals surface area contributed by atoms with Crippen LogP contribution in [0.3, 0.4) is 0 Å². The molecule has 0 radical (unpaired) electrons. The minimum Gasteiger partial charge on any atom is -0.481 e. The molecule has 1 amide bonds.